The number of nitrogens with one attached hydrogen (secondary N) is 1. The van der Waals surface area contributed by atoms with Crippen LogP contribution in [0.3, 0.4) is 0 Å². The van der Waals surface area contributed by atoms with Gasteiger partial charge in [-0.1, -0.05) is 48.0 Å². The maximum Gasteiger partial charge on any atom is 0.263 e. The number of nitro groups is 1. The highest BCUT2D eigenvalue weighted by molar-refractivity contribution is 7.92. The van der Waals surface area contributed by atoms with Crippen molar-refractivity contribution in [3.8, 4) is 17.1 Å². The Morgan fingerprint density at radius 1 is 1.06 bits per heavy atom. The van der Waals surface area contributed by atoms with Crippen LogP contribution in [0.2, 0.25) is 0 Å². The highest BCUT2D eigenvalue weighted by Gasteiger charge is 2.20. The lowest BCUT2D eigenvalue weighted by Gasteiger charge is -2.13. The molecule has 0 saturated heterocycles. The van der Waals surface area contributed by atoms with E-state index in [-0.39, 0.29) is 23.2 Å². The predicted molar refractivity (Wildman–Crippen MR) is 134 cm³/mol. The smallest absolute Gasteiger partial charge is 0.263 e. The van der Waals surface area contributed by atoms with E-state index in [0.717, 1.165) is 17.3 Å². The molecule has 11 heteroatoms. The first-order chi connectivity index (χ1) is 17.3. The van der Waals surface area contributed by atoms with E-state index < -0.39 is 14.9 Å². The zero-order valence-corrected chi connectivity index (χ0v) is 19.9. The normalized spacial score (nSPS) is 11.4. The monoisotopic (exact) mass is 503 g/mol. The van der Waals surface area contributed by atoms with E-state index >= 15 is 0 Å². The highest BCUT2D eigenvalue weighted by Crippen LogP contribution is 2.28. The number of aryl methyl sites for hydroxylation is 1. The number of anilines is 1. The molecule has 0 radical (unpaired) electrons. The first-order valence-corrected chi connectivity index (χ1v) is 12.2. The second kappa shape index (κ2) is 10.7. The fourth-order valence-electron chi connectivity index (χ4n) is 3.13. The summed E-state index contributed by atoms with van der Waals surface area (Å²) in [6.45, 7) is 1.96. The summed E-state index contributed by atoms with van der Waals surface area (Å²) in [4.78, 5) is 22.9. The Hall–Kier alpha value is -4.64. The number of rotatable bonds is 9. The quantitative estimate of drug-likeness (QED) is 0.261. The Morgan fingerprint density at radius 3 is 2.47 bits per heavy atom. The van der Waals surface area contributed by atoms with Crippen molar-refractivity contribution in [3.05, 3.63) is 112 Å². The van der Waals surface area contributed by atoms with Crippen LogP contribution in [0.15, 0.2) is 90.3 Å². The number of hydrogen-bond acceptors (Lipinski definition) is 8. The number of sulfonamides is 1. The third-order valence-electron chi connectivity index (χ3n) is 5.00. The van der Waals surface area contributed by atoms with E-state index in [1.165, 1.54) is 24.4 Å². The summed E-state index contributed by atoms with van der Waals surface area (Å²) in [5, 5.41) is 10.5. The van der Waals surface area contributed by atoms with Gasteiger partial charge in [0.15, 0.2) is 0 Å². The number of hydrogen-bond donors (Lipinski definition) is 1. The maximum atomic E-state index is 12.9. The molecule has 4 rings (SSSR count). The number of ether oxygens (including phenoxy) is 1. The number of aromatic nitrogens is 3. The van der Waals surface area contributed by atoms with Crippen LogP contribution in [0.1, 0.15) is 16.7 Å². The molecule has 10 nitrogen and oxygen atoms in total. The van der Waals surface area contributed by atoms with Crippen LogP contribution in [0, 0.1) is 17.0 Å². The lowest BCUT2D eigenvalue weighted by Crippen LogP contribution is -2.15. The molecule has 0 aliphatic heterocycles. The first kappa shape index (κ1) is 24.5. The van der Waals surface area contributed by atoms with Crippen LogP contribution in [0.4, 0.5) is 5.82 Å². The van der Waals surface area contributed by atoms with Gasteiger partial charge in [0.05, 0.1) is 21.7 Å². The summed E-state index contributed by atoms with van der Waals surface area (Å²) in [6, 6.07) is 16.8. The van der Waals surface area contributed by atoms with Gasteiger partial charge in [0.2, 0.25) is 12.0 Å². The zero-order chi connectivity index (χ0) is 25.5. The third-order valence-corrected chi connectivity index (χ3v) is 6.35. The van der Waals surface area contributed by atoms with Gasteiger partial charge in [0.1, 0.15) is 6.61 Å². The van der Waals surface area contributed by atoms with Gasteiger partial charge < -0.3 is 4.74 Å². The van der Waals surface area contributed by atoms with Crippen LogP contribution in [0.5, 0.6) is 5.88 Å². The summed E-state index contributed by atoms with van der Waals surface area (Å²) in [5.41, 5.74) is 3.43. The van der Waals surface area contributed by atoms with Crippen LogP contribution in [-0.2, 0) is 16.6 Å². The Kier molecular flexibility index (Phi) is 7.31. The van der Waals surface area contributed by atoms with Crippen molar-refractivity contribution in [3.63, 3.8) is 0 Å². The molecule has 2 heterocycles. The van der Waals surface area contributed by atoms with Crippen molar-refractivity contribution in [2.24, 2.45) is 0 Å². The maximum absolute atomic E-state index is 12.9. The van der Waals surface area contributed by atoms with Gasteiger partial charge in [-0.3, -0.25) is 19.8 Å². The highest BCUT2D eigenvalue weighted by atomic mass is 32.2. The lowest BCUT2D eigenvalue weighted by molar-refractivity contribution is -0.400. The van der Waals surface area contributed by atoms with E-state index in [0.29, 0.717) is 16.8 Å². The Balaban J connectivity index is 1.65. The molecule has 0 aliphatic rings. The van der Waals surface area contributed by atoms with Crippen molar-refractivity contribution < 1.29 is 18.1 Å². The molecule has 2 aromatic heterocycles. The van der Waals surface area contributed by atoms with E-state index in [1.807, 2.05) is 13.0 Å². The summed E-state index contributed by atoms with van der Waals surface area (Å²) in [6.07, 6.45) is 6.92. The molecule has 0 aliphatic carbocycles. The summed E-state index contributed by atoms with van der Waals surface area (Å²) in [7, 11) is -3.94. The van der Waals surface area contributed by atoms with Gasteiger partial charge >= 0.3 is 0 Å². The zero-order valence-electron chi connectivity index (χ0n) is 19.1. The Labute approximate surface area is 207 Å². The lowest BCUT2D eigenvalue weighted by atomic mass is 10.1. The molecule has 2 aromatic carbocycles. The molecule has 36 heavy (non-hydrogen) atoms. The largest absolute Gasteiger partial charge is 0.470 e. The van der Waals surface area contributed by atoms with Crippen LogP contribution in [0.25, 0.3) is 17.3 Å². The standard InChI is InChI=1S/C25H21N5O5S/c1-18-4-10-22(11-5-18)36(33,34)29-24-25(35-17-20-3-2-13-26-15-20)28-23(16-27-24)21-8-6-19(7-9-21)12-14-30(31)32/h2-16H,17H2,1H3,(H,27,29)/b14-12+. The van der Waals surface area contributed by atoms with Gasteiger partial charge in [-0.25, -0.2) is 18.4 Å². The van der Waals surface area contributed by atoms with E-state index in [4.69, 9.17) is 4.74 Å². The SMILES string of the molecule is Cc1ccc(S(=O)(=O)Nc2ncc(-c3ccc(/C=C/[N+](=O)[O-])cc3)nc2OCc2cccnc2)cc1. The first-order valence-electron chi connectivity index (χ1n) is 10.7. The second-order valence-electron chi connectivity index (χ2n) is 7.70. The van der Waals surface area contributed by atoms with Crippen molar-refractivity contribution in [1.29, 1.82) is 0 Å². The second-order valence-corrected chi connectivity index (χ2v) is 9.38. The van der Waals surface area contributed by atoms with Gasteiger partial charge in [0, 0.05) is 29.6 Å². The van der Waals surface area contributed by atoms with Crippen molar-refractivity contribution >= 4 is 21.9 Å². The molecule has 1 N–H and O–H groups in total. The molecule has 0 atom stereocenters. The summed E-state index contributed by atoms with van der Waals surface area (Å²) in [5.74, 6) is -0.0712. The number of pyridine rings is 1. The van der Waals surface area contributed by atoms with Gasteiger partial charge in [-0.2, -0.15) is 0 Å². The summed E-state index contributed by atoms with van der Waals surface area (Å²) < 4.78 is 34.2. The van der Waals surface area contributed by atoms with E-state index in [9.17, 15) is 18.5 Å². The minimum atomic E-state index is -3.94. The fourth-order valence-corrected chi connectivity index (χ4v) is 4.14. The van der Waals surface area contributed by atoms with Crippen LogP contribution in [-0.4, -0.2) is 28.3 Å². The van der Waals surface area contributed by atoms with Gasteiger partial charge in [-0.05, 0) is 30.7 Å². The Bertz CT molecular complexity index is 1490. The van der Waals surface area contributed by atoms with Crippen LogP contribution >= 0.6 is 0 Å². The molecule has 182 valence electrons. The number of benzene rings is 2. The molecule has 0 spiro atoms. The van der Waals surface area contributed by atoms with Crippen LogP contribution < -0.4 is 9.46 Å². The molecule has 0 fully saturated rings. The average molecular weight is 504 g/mol. The van der Waals surface area contributed by atoms with Crippen molar-refractivity contribution in [2.75, 3.05) is 4.72 Å². The van der Waals surface area contributed by atoms with E-state index in [1.54, 1.807) is 54.9 Å². The molecule has 0 bridgehead atoms. The predicted octanol–water partition coefficient (Wildman–Crippen LogP) is 4.47. The minimum absolute atomic E-state index is 0.00985. The van der Waals surface area contributed by atoms with Crippen molar-refractivity contribution in [1.82, 2.24) is 15.0 Å². The average Bonchev–Trinajstić information content (AvgIpc) is 2.88. The minimum Gasteiger partial charge on any atom is -0.470 e. The molecule has 4 aromatic rings. The van der Waals surface area contributed by atoms with Crippen molar-refractivity contribution in [2.45, 2.75) is 18.4 Å². The van der Waals surface area contributed by atoms with Gasteiger partial charge in [-0.15, -0.1) is 0 Å². The topological polar surface area (TPSA) is 137 Å². The van der Waals surface area contributed by atoms with Gasteiger partial charge in [0.25, 0.3) is 15.9 Å². The molecule has 0 amide bonds. The third kappa shape index (κ3) is 6.27. The molecule has 0 unspecified atom stereocenters. The fraction of sp³-hybridized carbons (Fsp3) is 0.0800. The molecular formula is C25H21N5O5S. The van der Waals surface area contributed by atoms with E-state index in [2.05, 4.69) is 19.7 Å². The number of nitrogens with zero attached hydrogens (tertiary/aromatic N) is 4. The Morgan fingerprint density at radius 2 is 1.81 bits per heavy atom. The summed E-state index contributed by atoms with van der Waals surface area (Å²) >= 11 is 0. The molecule has 0 saturated carbocycles. The molecular weight excluding hydrogens is 482 g/mol.